The molecule has 3 heteroatoms. The number of hydrogen-bond donors (Lipinski definition) is 1. The maximum atomic E-state index is 8.69. The Kier molecular flexibility index (Phi) is 23.8. The lowest BCUT2D eigenvalue weighted by molar-refractivity contribution is 0.123. The molecule has 0 saturated heterocycles. The monoisotopic (exact) mass is 358 g/mol. The van der Waals surface area contributed by atoms with Gasteiger partial charge in [-0.15, -0.1) is 0 Å². The van der Waals surface area contributed by atoms with Gasteiger partial charge in [0.2, 0.25) is 0 Å². The Balaban J connectivity index is 2.94. The van der Waals surface area contributed by atoms with E-state index in [0.29, 0.717) is 6.61 Å². The number of hydrogen-bond acceptors (Lipinski definition) is 3. The second-order valence-corrected chi connectivity index (χ2v) is 7.25. The zero-order valence-electron chi connectivity index (χ0n) is 17.1. The average Bonchev–Trinajstić information content (AvgIpc) is 2.63. The predicted octanol–water partition coefficient (Wildman–Crippen LogP) is 6.27. The standard InChI is InChI=1S/C22H46O3/c1-2-3-4-5-9-14-19-24-20-15-10-6-7-11-16-21-25-22-17-12-8-13-18-23/h23H,2-22H2,1H3. The van der Waals surface area contributed by atoms with Crippen LogP contribution in [0.4, 0.5) is 0 Å². The molecule has 0 amide bonds. The van der Waals surface area contributed by atoms with Gasteiger partial charge in [0.05, 0.1) is 0 Å². The average molecular weight is 359 g/mol. The molecule has 3 nitrogen and oxygen atoms in total. The molecule has 152 valence electrons. The molecule has 0 aliphatic heterocycles. The molecule has 0 unspecified atom stereocenters. The summed E-state index contributed by atoms with van der Waals surface area (Å²) in [6, 6.07) is 0. The highest BCUT2D eigenvalue weighted by Crippen LogP contribution is 2.08. The van der Waals surface area contributed by atoms with E-state index in [1.54, 1.807) is 0 Å². The van der Waals surface area contributed by atoms with E-state index in [1.807, 2.05) is 0 Å². The molecule has 0 bridgehead atoms. The molecule has 0 aliphatic rings. The van der Waals surface area contributed by atoms with Gasteiger partial charge in [-0.2, -0.15) is 0 Å². The summed E-state index contributed by atoms with van der Waals surface area (Å²) >= 11 is 0. The second kappa shape index (κ2) is 23.9. The molecule has 0 atom stereocenters. The number of ether oxygens (including phenoxy) is 2. The third-order valence-electron chi connectivity index (χ3n) is 4.67. The molecular formula is C22H46O3. The van der Waals surface area contributed by atoms with Gasteiger partial charge in [0.25, 0.3) is 0 Å². The molecule has 1 N–H and O–H groups in total. The second-order valence-electron chi connectivity index (χ2n) is 7.25. The predicted molar refractivity (Wildman–Crippen MR) is 108 cm³/mol. The van der Waals surface area contributed by atoms with Gasteiger partial charge in [0.1, 0.15) is 0 Å². The normalized spacial score (nSPS) is 11.3. The van der Waals surface area contributed by atoms with Crippen LogP contribution in [-0.2, 0) is 9.47 Å². The molecule has 0 spiro atoms. The van der Waals surface area contributed by atoms with Crippen LogP contribution < -0.4 is 0 Å². The highest BCUT2D eigenvalue weighted by Gasteiger charge is 1.95. The Morgan fingerprint density at radius 1 is 0.440 bits per heavy atom. The highest BCUT2D eigenvalue weighted by atomic mass is 16.5. The SMILES string of the molecule is CCCCCCCCOCCCCCCCCOCCCCCCO. The van der Waals surface area contributed by atoms with Crippen LogP contribution in [0.1, 0.15) is 110 Å². The van der Waals surface area contributed by atoms with Crippen molar-refractivity contribution in [2.24, 2.45) is 0 Å². The Morgan fingerprint density at radius 3 is 1.12 bits per heavy atom. The lowest BCUT2D eigenvalue weighted by Crippen LogP contribution is -1.98. The van der Waals surface area contributed by atoms with Gasteiger partial charge in [-0.25, -0.2) is 0 Å². The van der Waals surface area contributed by atoms with Crippen LogP contribution in [0.2, 0.25) is 0 Å². The summed E-state index contributed by atoms with van der Waals surface area (Å²) in [5, 5.41) is 8.69. The maximum Gasteiger partial charge on any atom is 0.0466 e. The van der Waals surface area contributed by atoms with Crippen molar-refractivity contribution >= 4 is 0 Å². The zero-order valence-corrected chi connectivity index (χ0v) is 17.1. The fourth-order valence-electron chi connectivity index (χ4n) is 2.97. The summed E-state index contributed by atoms with van der Waals surface area (Å²) in [6.07, 6.45) is 20.1. The van der Waals surface area contributed by atoms with Gasteiger partial charge >= 0.3 is 0 Å². The van der Waals surface area contributed by atoms with E-state index >= 15 is 0 Å². The number of unbranched alkanes of at least 4 members (excludes halogenated alkanes) is 13. The zero-order chi connectivity index (χ0) is 18.3. The summed E-state index contributed by atoms with van der Waals surface area (Å²) in [6.45, 7) is 6.31. The fraction of sp³-hybridized carbons (Fsp3) is 1.00. The Hall–Kier alpha value is -0.120. The summed E-state index contributed by atoms with van der Waals surface area (Å²) in [7, 11) is 0. The van der Waals surface area contributed by atoms with E-state index in [2.05, 4.69) is 6.92 Å². The molecule has 0 rings (SSSR count). The smallest absolute Gasteiger partial charge is 0.0466 e. The Labute approximate surface area is 157 Å². The molecule has 0 aromatic heterocycles. The van der Waals surface area contributed by atoms with Crippen LogP contribution in [-0.4, -0.2) is 38.1 Å². The van der Waals surface area contributed by atoms with Crippen molar-refractivity contribution in [2.45, 2.75) is 110 Å². The molecule has 0 radical (unpaired) electrons. The van der Waals surface area contributed by atoms with Gasteiger partial charge in [-0.3, -0.25) is 0 Å². The van der Waals surface area contributed by atoms with Crippen molar-refractivity contribution < 1.29 is 14.6 Å². The molecule has 0 aromatic carbocycles. The van der Waals surface area contributed by atoms with Gasteiger partial charge in [-0.1, -0.05) is 77.6 Å². The molecule has 0 saturated carbocycles. The maximum absolute atomic E-state index is 8.69. The summed E-state index contributed by atoms with van der Waals surface area (Å²) in [4.78, 5) is 0. The minimum Gasteiger partial charge on any atom is -0.396 e. The summed E-state index contributed by atoms with van der Waals surface area (Å²) in [5.74, 6) is 0. The minimum atomic E-state index is 0.326. The molecule has 25 heavy (non-hydrogen) atoms. The Morgan fingerprint density at radius 2 is 0.760 bits per heavy atom. The molecule has 0 fully saturated rings. The van der Waals surface area contributed by atoms with E-state index < -0.39 is 0 Å². The van der Waals surface area contributed by atoms with Crippen LogP contribution in [0.3, 0.4) is 0 Å². The lowest BCUT2D eigenvalue weighted by atomic mass is 10.1. The Bertz CT molecular complexity index is 199. The lowest BCUT2D eigenvalue weighted by Gasteiger charge is -2.05. The number of aliphatic hydroxyl groups excluding tert-OH is 1. The van der Waals surface area contributed by atoms with Crippen molar-refractivity contribution in [1.29, 1.82) is 0 Å². The first-order valence-corrected chi connectivity index (χ1v) is 11.2. The van der Waals surface area contributed by atoms with E-state index in [-0.39, 0.29) is 0 Å². The van der Waals surface area contributed by atoms with Gasteiger partial charge < -0.3 is 14.6 Å². The van der Waals surface area contributed by atoms with Crippen molar-refractivity contribution in [2.75, 3.05) is 33.0 Å². The molecule has 0 heterocycles. The van der Waals surface area contributed by atoms with E-state index in [4.69, 9.17) is 14.6 Å². The van der Waals surface area contributed by atoms with E-state index in [9.17, 15) is 0 Å². The third kappa shape index (κ3) is 23.9. The third-order valence-corrected chi connectivity index (χ3v) is 4.67. The molecule has 0 aliphatic carbocycles. The van der Waals surface area contributed by atoms with Crippen LogP contribution in [0, 0.1) is 0 Å². The van der Waals surface area contributed by atoms with E-state index in [1.165, 1.54) is 83.5 Å². The number of rotatable bonds is 22. The van der Waals surface area contributed by atoms with Gasteiger partial charge in [0, 0.05) is 33.0 Å². The first-order valence-electron chi connectivity index (χ1n) is 11.2. The number of aliphatic hydroxyl groups is 1. The molecular weight excluding hydrogens is 312 g/mol. The largest absolute Gasteiger partial charge is 0.396 e. The first-order chi connectivity index (χ1) is 12.4. The fourth-order valence-corrected chi connectivity index (χ4v) is 2.97. The quantitative estimate of drug-likeness (QED) is 0.232. The molecule has 0 aromatic rings. The van der Waals surface area contributed by atoms with Crippen molar-refractivity contribution in [1.82, 2.24) is 0 Å². The summed E-state index contributed by atoms with van der Waals surface area (Å²) < 4.78 is 11.4. The minimum absolute atomic E-state index is 0.326. The van der Waals surface area contributed by atoms with Crippen molar-refractivity contribution in [3.05, 3.63) is 0 Å². The van der Waals surface area contributed by atoms with Crippen LogP contribution >= 0.6 is 0 Å². The highest BCUT2D eigenvalue weighted by molar-refractivity contribution is 4.47. The van der Waals surface area contributed by atoms with Crippen LogP contribution in [0.25, 0.3) is 0 Å². The van der Waals surface area contributed by atoms with Crippen molar-refractivity contribution in [3.8, 4) is 0 Å². The van der Waals surface area contributed by atoms with Gasteiger partial charge in [-0.05, 0) is 32.1 Å². The van der Waals surface area contributed by atoms with E-state index in [0.717, 1.165) is 45.7 Å². The van der Waals surface area contributed by atoms with Crippen LogP contribution in [0.15, 0.2) is 0 Å². The van der Waals surface area contributed by atoms with Crippen LogP contribution in [0.5, 0.6) is 0 Å². The topological polar surface area (TPSA) is 38.7 Å². The first kappa shape index (κ1) is 24.9. The van der Waals surface area contributed by atoms with Gasteiger partial charge in [0.15, 0.2) is 0 Å². The van der Waals surface area contributed by atoms with Crippen molar-refractivity contribution in [3.63, 3.8) is 0 Å². The summed E-state index contributed by atoms with van der Waals surface area (Å²) in [5.41, 5.74) is 0.